The Bertz CT molecular complexity index is 970. The van der Waals surface area contributed by atoms with E-state index in [2.05, 4.69) is 5.32 Å². The lowest BCUT2D eigenvalue weighted by molar-refractivity contribution is -0.139. The number of piperidine rings is 1. The van der Waals surface area contributed by atoms with E-state index >= 15 is 0 Å². The SMILES string of the molecule is COC(=O)c1sccc1NC(=O)CN1C[C@@H](C(=O)N2CCCCC2)Oc2ccccc21. The number of anilines is 2. The first-order chi connectivity index (χ1) is 15.1. The van der Waals surface area contributed by atoms with Crippen LogP contribution in [0.4, 0.5) is 11.4 Å². The van der Waals surface area contributed by atoms with Crippen LogP contribution in [0.25, 0.3) is 0 Å². The zero-order chi connectivity index (χ0) is 21.8. The minimum absolute atomic E-state index is 0.0284. The lowest BCUT2D eigenvalue weighted by atomic mass is 10.1. The van der Waals surface area contributed by atoms with E-state index in [1.165, 1.54) is 18.4 Å². The first-order valence-electron chi connectivity index (χ1n) is 10.3. The van der Waals surface area contributed by atoms with Crippen molar-refractivity contribution >= 4 is 40.5 Å². The molecule has 2 aliphatic rings. The van der Waals surface area contributed by atoms with Gasteiger partial charge in [0, 0.05) is 13.1 Å². The van der Waals surface area contributed by atoms with Crippen molar-refractivity contribution < 1.29 is 23.9 Å². The summed E-state index contributed by atoms with van der Waals surface area (Å²) in [4.78, 5) is 41.7. The highest BCUT2D eigenvalue weighted by molar-refractivity contribution is 7.12. The summed E-state index contributed by atoms with van der Waals surface area (Å²) in [6.07, 6.45) is 2.49. The van der Waals surface area contributed by atoms with Gasteiger partial charge in [0.15, 0.2) is 6.10 Å². The van der Waals surface area contributed by atoms with Gasteiger partial charge in [-0.25, -0.2) is 4.79 Å². The fourth-order valence-corrected chi connectivity index (χ4v) is 4.69. The van der Waals surface area contributed by atoms with Crippen molar-refractivity contribution in [3.63, 3.8) is 0 Å². The molecule has 4 rings (SSSR count). The van der Waals surface area contributed by atoms with Crippen LogP contribution in [0.1, 0.15) is 28.9 Å². The number of esters is 1. The van der Waals surface area contributed by atoms with E-state index in [9.17, 15) is 14.4 Å². The van der Waals surface area contributed by atoms with Gasteiger partial charge in [-0.3, -0.25) is 9.59 Å². The molecule has 1 fully saturated rings. The van der Waals surface area contributed by atoms with Crippen molar-refractivity contribution in [1.29, 1.82) is 0 Å². The molecule has 1 aromatic heterocycles. The highest BCUT2D eigenvalue weighted by Gasteiger charge is 2.34. The Kier molecular flexibility index (Phi) is 6.41. The number of likely N-dealkylation sites (tertiary alicyclic amines) is 1. The smallest absolute Gasteiger partial charge is 0.350 e. The number of thiophene rings is 1. The molecule has 0 bridgehead atoms. The largest absolute Gasteiger partial charge is 0.477 e. The Morgan fingerprint density at radius 3 is 2.71 bits per heavy atom. The lowest BCUT2D eigenvalue weighted by Crippen LogP contribution is -2.52. The van der Waals surface area contributed by atoms with E-state index < -0.39 is 12.1 Å². The third-order valence-electron chi connectivity index (χ3n) is 5.45. The maximum Gasteiger partial charge on any atom is 0.350 e. The van der Waals surface area contributed by atoms with Gasteiger partial charge in [0.05, 0.1) is 31.6 Å². The number of amides is 2. The van der Waals surface area contributed by atoms with Crippen molar-refractivity contribution in [3.8, 4) is 5.75 Å². The number of ether oxygens (including phenoxy) is 2. The molecular formula is C22H25N3O5S. The number of rotatable bonds is 5. The van der Waals surface area contributed by atoms with E-state index in [-0.39, 0.29) is 24.9 Å². The molecule has 1 N–H and O–H groups in total. The molecule has 0 unspecified atom stereocenters. The molecule has 0 spiro atoms. The van der Waals surface area contributed by atoms with Crippen molar-refractivity contribution in [2.24, 2.45) is 0 Å². The second-order valence-corrected chi connectivity index (χ2v) is 8.46. The summed E-state index contributed by atoms with van der Waals surface area (Å²) >= 11 is 1.21. The number of fused-ring (bicyclic) bond motifs is 1. The first-order valence-corrected chi connectivity index (χ1v) is 11.2. The van der Waals surface area contributed by atoms with Crippen LogP contribution >= 0.6 is 11.3 Å². The summed E-state index contributed by atoms with van der Waals surface area (Å²) in [5.74, 6) is -0.230. The molecule has 1 atom stereocenters. The van der Waals surface area contributed by atoms with Crippen molar-refractivity contribution in [1.82, 2.24) is 4.90 Å². The summed E-state index contributed by atoms with van der Waals surface area (Å²) in [5.41, 5.74) is 1.18. The first kappa shape index (κ1) is 21.2. The second kappa shape index (κ2) is 9.38. The van der Waals surface area contributed by atoms with Gasteiger partial charge in [-0.05, 0) is 42.8 Å². The topological polar surface area (TPSA) is 88.2 Å². The molecule has 0 saturated carbocycles. The Hall–Kier alpha value is -3.07. The van der Waals surface area contributed by atoms with Gasteiger partial charge < -0.3 is 24.6 Å². The number of nitrogens with zero attached hydrogens (tertiary/aromatic N) is 2. The fourth-order valence-electron chi connectivity index (χ4n) is 3.92. The van der Waals surface area contributed by atoms with E-state index in [4.69, 9.17) is 9.47 Å². The van der Waals surface area contributed by atoms with Crippen molar-refractivity contribution in [2.45, 2.75) is 25.4 Å². The molecule has 0 aliphatic carbocycles. The van der Waals surface area contributed by atoms with Crippen molar-refractivity contribution in [2.75, 3.05) is 43.5 Å². The zero-order valence-corrected chi connectivity index (χ0v) is 18.2. The predicted octanol–water partition coefficient (Wildman–Crippen LogP) is 2.75. The number of para-hydroxylation sites is 2. The zero-order valence-electron chi connectivity index (χ0n) is 17.3. The lowest BCUT2D eigenvalue weighted by Gasteiger charge is -2.38. The van der Waals surface area contributed by atoms with Crippen molar-refractivity contribution in [3.05, 3.63) is 40.6 Å². The number of benzene rings is 1. The molecule has 1 saturated heterocycles. The highest BCUT2D eigenvalue weighted by Crippen LogP contribution is 2.33. The maximum absolute atomic E-state index is 13.0. The normalized spacial score (nSPS) is 18.0. The van der Waals surface area contributed by atoms with E-state index in [1.807, 2.05) is 34.1 Å². The Morgan fingerprint density at radius 1 is 1.16 bits per heavy atom. The molecule has 164 valence electrons. The summed E-state index contributed by atoms with van der Waals surface area (Å²) < 4.78 is 10.8. The van der Waals surface area contributed by atoms with Crippen LogP contribution in [0.5, 0.6) is 5.75 Å². The van der Waals surface area contributed by atoms with Gasteiger partial charge in [0.2, 0.25) is 5.91 Å². The van der Waals surface area contributed by atoms with Crippen LogP contribution in [-0.2, 0) is 14.3 Å². The van der Waals surface area contributed by atoms with Crippen LogP contribution in [-0.4, -0.2) is 62.1 Å². The minimum atomic E-state index is -0.660. The van der Waals surface area contributed by atoms with Gasteiger partial charge in [0.25, 0.3) is 5.91 Å². The minimum Gasteiger partial charge on any atom is -0.477 e. The quantitative estimate of drug-likeness (QED) is 0.715. The molecule has 2 aliphatic heterocycles. The Morgan fingerprint density at radius 2 is 1.94 bits per heavy atom. The third kappa shape index (κ3) is 4.66. The number of carbonyl (C=O) groups excluding carboxylic acids is 3. The molecule has 9 heteroatoms. The maximum atomic E-state index is 13.0. The number of carbonyl (C=O) groups is 3. The highest BCUT2D eigenvalue weighted by atomic mass is 32.1. The van der Waals surface area contributed by atoms with Gasteiger partial charge in [-0.1, -0.05) is 12.1 Å². The predicted molar refractivity (Wildman–Crippen MR) is 118 cm³/mol. The Labute approximate surface area is 184 Å². The standard InChI is InChI=1S/C22H25N3O5S/c1-29-22(28)20-15(9-12-31-20)23-19(26)14-25-13-18(21(27)24-10-5-2-6-11-24)30-17-8-4-3-7-16(17)25/h3-4,7-9,12,18H,2,5-6,10-11,13-14H2,1H3,(H,23,26)/t18-/m0/s1. The van der Waals surface area contributed by atoms with Gasteiger partial charge in [-0.15, -0.1) is 11.3 Å². The summed E-state index contributed by atoms with van der Waals surface area (Å²) in [6.45, 7) is 1.80. The van der Waals surface area contributed by atoms with E-state index in [0.717, 1.165) is 38.0 Å². The summed E-state index contributed by atoms with van der Waals surface area (Å²) in [6, 6.07) is 9.07. The number of hydrogen-bond acceptors (Lipinski definition) is 7. The number of nitrogens with one attached hydrogen (secondary N) is 1. The third-order valence-corrected chi connectivity index (χ3v) is 6.34. The molecule has 3 heterocycles. The molecule has 2 amide bonds. The van der Waals surface area contributed by atoms with E-state index in [0.29, 0.717) is 16.3 Å². The van der Waals surface area contributed by atoms with Gasteiger partial charge in [-0.2, -0.15) is 0 Å². The number of methoxy groups -OCH3 is 1. The molecule has 8 nitrogen and oxygen atoms in total. The van der Waals surface area contributed by atoms with E-state index in [1.54, 1.807) is 11.4 Å². The van der Waals surface area contributed by atoms with Crippen LogP contribution in [0.3, 0.4) is 0 Å². The molecule has 1 aromatic carbocycles. The van der Waals surface area contributed by atoms with Crippen LogP contribution in [0, 0.1) is 0 Å². The average molecular weight is 444 g/mol. The summed E-state index contributed by atoms with van der Waals surface area (Å²) in [7, 11) is 1.30. The fraction of sp³-hybridized carbons (Fsp3) is 0.409. The van der Waals surface area contributed by atoms with Gasteiger partial charge >= 0.3 is 5.97 Å². The average Bonchev–Trinajstić information content (AvgIpc) is 3.26. The van der Waals surface area contributed by atoms with Crippen LogP contribution in [0.15, 0.2) is 35.7 Å². The molecule has 2 aromatic rings. The summed E-state index contributed by atoms with van der Waals surface area (Å²) in [5, 5.41) is 4.51. The van der Waals surface area contributed by atoms with Gasteiger partial charge in [0.1, 0.15) is 10.6 Å². The number of hydrogen-bond donors (Lipinski definition) is 1. The molecular weight excluding hydrogens is 418 g/mol. The van der Waals surface area contributed by atoms with Crippen LogP contribution in [0.2, 0.25) is 0 Å². The van der Waals surface area contributed by atoms with Crippen LogP contribution < -0.4 is 15.0 Å². The Balaban J connectivity index is 1.48. The molecule has 0 radical (unpaired) electrons. The second-order valence-electron chi connectivity index (χ2n) is 7.54. The molecule has 31 heavy (non-hydrogen) atoms. The monoisotopic (exact) mass is 443 g/mol.